The second-order valence-corrected chi connectivity index (χ2v) is 3.42. The van der Waals surface area contributed by atoms with E-state index in [1.165, 1.54) is 6.33 Å². The van der Waals surface area contributed by atoms with E-state index in [9.17, 15) is 4.79 Å². The van der Waals surface area contributed by atoms with Gasteiger partial charge in [-0.1, -0.05) is 0 Å². The highest BCUT2D eigenvalue weighted by molar-refractivity contribution is 5.71. The van der Waals surface area contributed by atoms with Gasteiger partial charge in [0.2, 0.25) is 5.95 Å². The Kier molecular flexibility index (Phi) is 3.35. The van der Waals surface area contributed by atoms with Crippen LogP contribution in [0.25, 0.3) is 11.2 Å². The van der Waals surface area contributed by atoms with Crippen molar-refractivity contribution in [2.75, 3.05) is 31.2 Å². The largest absolute Gasteiger partial charge is 0.395 e. The average molecular weight is 239 g/mol. The molecule has 92 valence electrons. The first-order chi connectivity index (χ1) is 8.26. The Bertz CT molecular complexity index is 543. The quantitative estimate of drug-likeness (QED) is 0.501. The SMILES string of the molecule is O=c1[nH]cnc2nc(N(CCO)CCO)[nH]c12. The Morgan fingerprint density at radius 3 is 2.59 bits per heavy atom. The molecule has 0 spiro atoms. The predicted molar refractivity (Wildman–Crippen MR) is 60.9 cm³/mol. The van der Waals surface area contributed by atoms with Crippen molar-refractivity contribution >= 4 is 17.1 Å². The summed E-state index contributed by atoms with van der Waals surface area (Å²) in [5.74, 6) is 0.410. The van der Waals surface area contributed by atoms with E-state index in [2.05, 4.69) is 19.9 Å². The second kappa shape index (κ2) is 4.93. The lowest BCUT2D eigenvalue weighted by atomic mass is 10.5. The van der Waals surface area contributed by atoms with Crippen molar-refractivity contribution in [3.05, 3.63) is 16.7 Å². The van der Waals surface area contributed by atoms with Crippen LogP contribution in [0, 0.1) is 0 Å². The fourth-order valence-electron chi connectivity index (χ4n) is 1.54. The summed E-state index contributed by atoms with van der Waals surface area (Å²) in [5, 5.41) is 17.8. The maximum atomic E-state index is 11.4. The Morgan fingerprint density at radius 1 is 1.29 bits per heavy atom. The zero-order chi connectivity index (χ0) is 12.3. The van der Waals surface area contributed by atoms with Crippen molar-refractivity contribution in [1.82, 2.24) is 19.9 Å². The predicted octanol–water partition coefficient (Wildman–Crippen LogP) is -1.56. The molecule has 0 aliphatic carbocycles. The van der Waals surface area contributed by atoms with Crippen molar-refractivity contribution in [3.8, 4) is 0 Å². The normalized spacial score (nSPS) is 10.9. The zero-order valence-electron chi connectivity index (χ0n) is 9.05. The molecule has 8 heteroatoms. The number of aromatic amines is 2. The van der Waals surface area contributed by atoms with Gasteiger partial charge < -0.3 is 25.1 Å². The smallest absolute Gasteiger partial charge is 0.276 e. The molecule has 2 heterocycles. The molecule has 2 aromatic rings. The van der Waals surface area contributed by atoms with Gasteiger partial charge in [-0.25, -0.2) is 4.98 Å². The van der Waals surface area contributed by atoms with Crippen LogP contribution in [0.4, 0.5) is 5.95 Å². The highest BCUT2D eigenvalue weighted by Crippen LogP contribution is 2.11. The molecule has 0 aliphatic rings. The van der Waals surface area contributed by atoms with Crippen molar-refractivity contribution in [3.63, 3.8) is 0 Å². The first-order valence-corrected chi connectivity index (χ1v) is 5.16. The standard InChI is InChI=1S/C9H13N5O3/c15-3-1-14(2-4-16)9-12-6-7(13-9)10-5-11-8(6)17/h5,15-16H,1-4H2,(H2,10,11,12,13,17). The summed E-state index contributed by atoms with van der Waals surface area (Å²) < 4.78 is 0. The van der Waals surface area contributed by atoms with Gasteiger partial charge in [-0.3, -0.25) is 4.79 Å². The van der Waals surface area contributed by atoms with Gasteiger partial charge in [-0.15, -0.1) is 0 Å². The van der Waals surface area contributed by atoms with E-state index in [1.807, 2.05) is 0 Å². The van der Waals surface area contributed by atoms with Gasteiger partial charge in [-0.05, 0) is 0 Å². The number of hydrogen-bond donors (Lipinski definition) is 4. The molecule has 4 N–H and O–H groups in total. The lowest BCUT2D eigenvalue weighted by Crippen LogP contribution is -2.30. The summed E-state index contributed by atoms with van der Waals surface area (Å²) in [6.45, 7) is 0.498. The molecule has 0 aromatic carbocycles. The van der Waals surface area contributed by atoms with Crippen LogP contribution < -0.4 is 10.5 Å². The van der Waals surface area contributed by atoms with Crippen molar-refractivity contribution < 1.29 is 10.2 Å². The Balaban J connectivity index is 2.40. The fourth-order valence-corrected chi connectivity index (χ4v) is 1.54. The van der Waals surface area contributed by atoms with Crippen LogP contribution in [0.2, 0.25) is 0 Å². The molecular weight excluding hydrogens is 226 g/mol. The number of aliphatic hydroxyl groups is 2. The molecule has 0 saturated carbocycles. The molecule has 0 bridgehead atoms. The molecule has 0 atom stereocenters. The van der Waals surface area contributed by atoms with Crippen LogP contribution in [0.1, 0.15) is 0 Å². The van der Waals surface area contributed by atoms with Gasteiger partial charge in [0.25, 0.3) is 5.56 Å². The van der Waals surface area contributed by atoms with Crippen LogP contribution >= 0.6 is 0 Å². The van der Waals surface area contributed by atoms with E-state index >= 15 is 0 Å². The molecular formula is C9H13N5O3. The number of imidazole rings is 1. The van der Waals surface area contributed by atoms with E-state index in [0.29, 0.717) is 24.7 Å². The third-order valence-corrected chi connectivity index (χ3v) is 2.32. The molecule has 17 heavy (non-hydrogen) atoms. The Hall–Kier alpha value is -1.93. The van der Waals surface area contributed by atoms with Crippen molar-refractivity contribution in [2.24, 2.45) is 0 Å². The maximum Gasteiger partial charge on any atom is 0.276 e. The molecule has 2 aromatic heterocycles. The summed E-state index contributed by atoms with van der Waals surface area (Å²) in [6.07, 6.45) is 1.28. The number of fused-ring (bicyclic) bond motifs is 1. The summed E-state index contributed by atoms with van der Waals surface area (Å²) in [7, 11) is 0. The van der Waals surface area contributed by atoms with Gasteiger partial charge in [-0.2, -0.15) is 4.98 Å². The minimum absolute atomic E-state index is 0.0686. The molecule has 0 aliphatic heterocycles. The molecule has 0 unspecified atom stereocenters. The van der Waals surface area contributed by atoms with Gasteiger partial charge in [0.1, 0.15) is 0 Å². The first kappa shape index (κ1) is 11.6. The maximum absolute atomic E-state index is 11.4. The summed E-state index contributed by atoms with van der Waals surface area (Å²) in [5.41, 5.74) is 0.287. The molecule has 8 nitrogen and oxygen atoms in total. The summed E-state index contributed by atoms with van der Waals surface area (Å²) in [4.78, 5) is 26.4. The minimum atomic E-state index is -0.304. The highest BCUT2D eigenvalue weighted by atomic mass is 16.3. The molecule has 0 amide bonds. The number of aliphatic hydroxyl groups excluding tert-OH is 2. The minimum Gasteiger partial charge on any atom is -0.395 e. The van der Waals surface area contributed by atoms with E-state index in [0.717, 1.165) is 0 Å². The molecule has 0 saturated heterocycles. The van der Waals surface area contributed by atoms with Crippen molar-refractivity contribution in [2.45, 2.75) is 0 Å². The molecule has 2 rings (SSSR count). The summed E-state index contributed by atoms with van der Waals surface area (Å²) >= 11 is 0. The number of aromatic nitrogens is 4. The topological polar surface area (TPSA) is 118 Å². The van der Waals surface area contributed by atoms with E-state index in [-0.39, 0.29) is 24.3 Å². The van der Waals surface area contributed by atoms with E-state index < -0.39 is 0 Å². The number of hydrogen-bond acceptors (Lipinski definition) is 6. The summed E-state index contributed by atoms with van der Waals surface area (Å²) in [6, 6.07) is 0. The third-order valence-electron chi connectivity index (χ3n) is 2.32. The van der Waals surface area contributed by atoms with Crippen LogP contribution in [0.3, 0.4) is 0 Å². The molecule has 0 fully saturated rings. The lowest BCUT2D eigenvalue weighted by molar-refractivity contribution is 0.280. The Labute approximate surface area is 96.0 Å². The Morgan fingerprint density at radius 2 is 2.00 bits per heavy atom. The van der Waals surface area contributed by atoms with Gasteiger partial charge in [0.15, 0.2) is 11.2 Å². The van der Waals surface area contributed by atoms with Crippen molar-refractivity contribution in [1.29, 1.82) is 0 Å². The van der Waals surface area contributed by atoms with E-state index in [1.54, 1.807) is 4.90 Å². The van der Waals surface area contributed by atoms with Crippen LogP contribution in [0.15, 0.2) is 11.1 Å². The number of anilines is 1. The van der Waals surface area contributed by atoms with Gasteiger partial charge in [0.05, 0.1) is 19.5 Å². The fraction of sp³-hybridized carbons (Fsp3) is 0.444. The molecule has 0 radical (unpaired) electrons. The second-order valence-electron chi connectivity index (χ2n) is 3.42. The van der Waals surface area contributed by atoms with Crippen LogP contribution in [0.5, 0.6) is 0 Å². The van der Waals surface area contributed by atoms with Crippen LogP contribution in [-0.4, -0.2) is 56.5 Å². The van der Waals surface area contributed by atoms with Gasteiger partial charge in [0, 0.05) is 13.1 Å². The first-order valence-electron chi connectivity index (χ1n) is 5.16. The van der Waals surface area contributed by atoms with Crippen LogP contribution in [-0.2, 0) is 0 Å². The number of nitrogens with one attached hydrogen (secondary N) is 2. The highest BCUT2D eigenvalue weighted by Gasteiger charge is 2.12. The number of rotatable bonds is 5. The monoisotopic (exact) mass is 239 g/mol. The van der Waals surface area contributed by atoms with E-state index in [4.69, 9.17) is 10.2 Å². The average Bonchev–Trinajstić information content (AvgIpc) is 2.74. The third kappa shape index (κ3) is 2.27. The number of nitrogens with zero attached hydrogens (tertiary/aromatic N) is 3. The number of H-pyrrole nitrogens is 2. The van der Waals surface area contributed by atoms with Gasteiger partial charge >= 0.3 is 0 Å². The zero-order valence-corrected chi connectivity index (χ0v) is 9.05. The lowest BCUT2D eigenvalue weighted by Gasteiger charge is -2.18.